The van der Waals surface area contributed by atoms with Crippen LogP contribution in [0.4, 0.5) is 5.69 Å². The van der Waals surface area contributed by atoms with Crippen molar-refractivity contribution in [3.63, 3.8) is 0 Å². The Hall–Kier alpha value is -3.65. The van der Waals surface area contributed by atoms with Crippen molar-refractivity contribution >= 4 is 27.9 Å². The zero-order valence-electron chi connectivity index (χ0n) is 16.4. The van der Waals surface area contributed by atoms with Crippen LogP contribution < -0.4 is 20.3 Å². The van der Waals surface area contributed by atoms with Crippen LogP contribution in [0.25, 0.3) is 4.96 Å². The number of anilines is 1. The van der Waals surface area contributed by atoms with Gasteiger partial charge in [0.1, 0.15) is 18.1 Å². The van der Waals surface area contributed by atoms with E-state index in [1.807, 2.05) is 6.92 Å². The molecule has 152 valence electrons. The summed E-state index contributed by atoms with van der Waals surface area (Å²) < 4.78 is 12.4. The molecule has 8 heteroatoms. The van der Waals surface area contributed by atoms with Gasteiger partial charge in [0.25, 0.3) is 11.5 Å². The Labute approximate surface area is 176 Å². The van der Waals surface area contributed by atoms with Crippen LogP contribution in [0.3, 0.4) is 0 Å². The van der Waals surface area contributed by atoms with Gasteiger partial charge in [-0.2, -0.15) is 0 Å². The highest BCUT2D eigenvalue weighted by Gasteiger charge is 2.09. The number of methoxy groups -OCH3 is 1. The molecule has 0 aliphatic heterocycles. The second-order valence-electron chi connectivity index (χ2n) is 6.58. The van der Waals surface area contributed by atoms with E-state index < -0.39 is 0 Å². The predicted molar refractivity (Wildman–Crippen MR) is 116 cm³/mol. The highest BCUT2D eigenvalue weighted by atomic mass is 32.1. The number of nitrogens with one attached hydrogen (secondary N) is 1. The number of carbonyl (C=O) groups is 1. The first-order chi connectivity index (χ1) is 14.5. The SMILES string of the molecule is COc1ccc(C(=O)Nc2cccc(OCc3cc(=O)n4cc(C)sc4n3)c2)cc1. The van der Waals surface area contributed by atoms with Gasteiger partial charge in [-0.05, 0) is 43.3 Å². The lowest BCUT2D eigenvalue weighted by atomic mass is 10.2. The lowest BCUT2D eigenvalue weighted by molar-refractivity contribution is 0.102. The summed E-state index contributed by atoms with van der Waals surface area (Å²) in [5.41, 5.74) is 1.54. The molecule has 4 aromatic rings. The molecule has 0 saturated heterocycles. The molecule has 0 fully saturated rings. The highest BCUT2D eigenvalue weighted by Crippen LogP contribution is 2.20. The van der Waals surface area contributed by atoms with E-state index in [2.05, 4.69) is 10.3 Å². The monoisotopic (exact) mass is 421 g/mol. The standard InChI is InChI=1S/C22H19N3O4S/c1-14-12-25-20(26)11-17(24-22(25)30-14)13-29-19-5-3-4-16(10-19)23-21(27)15-6-8-18(28-2)9-7-15/h3-12H,13H2,1-2H3,(H,23,27). The third kappa shape index (κ3) is 4.33. The minimum absolute atomic E-state index is 0.136. The summed E-state index contributed by atoms with van der Waals surface area (Å²) in [5.74, 6) is 1.01. The summed E-state index contributed by atoms with van der Waals surface area (Å²) in [4.78, 5) is 30.7. The van der Waals surface area contributed by atoms with E-state index in [4.69, 9.17) is 9.47 Å². The van der Waals surface area contributed by atoms with Gasteiger partial charge in [-0.15, -0.1) is 11.3 Å². The molecule has 1 N–H and O–H groups in total. The van der Waals surface area contributed by atoms with Crippen molar-refractivity contribution in [1.29, 1.82) is 0 Å². The minimum atomic E-state index is -0.233. The quantitative estimate of drug-likeness (QED) is 0.511. The fraction of sp³-hybridized carbons (Fsp3) is 0.136. The lowest BCUT2D eigenvalue weighted by Crippen LogP contribution is -2.14. The van der Waals surface area contributed by atoms with E-state index in [0.717, 1.165) is 4.88 Å². The molecule has 0 saturated carbocycles. The van der Waals surface area contributed by atoms with Gasteiger partial charge in [-0.3, -0.25) is 14.0 Å². The summed E-state index contributed by atoms with van der Waals surface area (Å²) in [6, 6.07) is 15.4. The Balaban J connectivity index is 1.44. The van der Waals surface area contributed by atoms with Crippen LogP contribution in [0.5, 0.6) is 11.5 Å². The minimum Gasteiger partial charge on any atom is -0.497 e. The fourth-order valence-electron chi connectivity index (χ4n) is 2.90. The number of nitrogens with zero attached hydrogens (tertiary/aromatic N) is 2. The Kier molecular flexibility index (Phi) is 5.49. The Morgan fingerprint density at radius 3 is 2.70 bits per heavy atom. The Bertz CT molecular complexity index is 1260. The summed E-state index contributed by atoms with van der Waals surface area (Å²) in [7, 11) is 1.58. The zero-order chi connectivity index (χ0) is 21.1. The second kappa shape index (κ2) is 8.38. The maximum atomic E-state index is 12.4. The molecule has 4 rings (SSSR count). The molecule has 1 amide bonds. The van der Waals surface area contributed by atoms with Gasteiger partial charge < -0.3 is 14.8 Å². The smallest absolute Gasteiger partial charge is 0.258 e. The van der Waals surface area contributed by atoms with E-state index in [0.29, 0.717) is 33.4 Å². The lowest BCUT2D eigenvalue weighted by Gasteiger charge is -2.09. The molecular weight excluding hydrogens is 402 g/mol. The van der Waals surface area contributed by atoms with Crippen molar-refractivity contribution in [3.8, 4) is 11.5 Å². The third-order valence-corrected chi connectivity index (χ3v) is 5.26. The molecule has 2 aromatic heterocycles. The van der Waals surface area contributed by atoms with Crippen LogP contribution in [0.1, 0.15) is 20.9 Å². The van der Waals surface area contributed by atoms with E-state index in [-0.39, 0.29) is 18.1 Å². The highest BCUT2D eigenvalue weighted by molar-refractivity contribution is 7.16. The predicted octanol–water partition coefficient (Wildman–Crippen LogP) is 3.90. The third-order valence-electron chi connectivity index (χ3n) is 4.37. The van der Waals surface area contributed by atoms with Crippen LogP contribution in [-0.2, 0) is 6.61 Å². The van der Waals surface area contributed by atoms with Crippen molar-refractivity contribution in [2.45, 2.75) is 13.5 Å². The van der Waals surface area contributed by atoms with Crippen LogP contribution in [0.15, 0.2) is 65.6 Å². The summed E-state index contributed by atoms with van der Waals surface area (Å²) in [6.07, 6.45) is 1.77. The molecule has 0 bridgehead atoms. The number of carbonyl (C=O) groups excluding carboxylic acids is 1. The normalized spacial score (nSPS) is 10.7. The van der Waals surface area contributed by atoms with Gasteiger partial charge in [0.15, 0.2) is 4.96 Å². The summed E-state index contributed by atoms with van der Waals surface area (Å²) >= 11 is 1.45. The first-order valence-electron chi connectivity index (χ1n) is 9.19. The molecule has 0 aliphatic carbocycles. The van der Waals surface area contributed by atoms with E-state index in [1.54, 1.807) is 61.8 Å². The van der Waals surface area contributed by atoms with Crippen LogP contribution in [-0.4, -0.2) is 22.4 Å². The first kappa shape index (κ1) is 19.7. The number of thiazole rings is 1. The van der Waals surface area contributed by atoms with E-state index >= 15 is 0 Å². The molecular formula is C22H19N3O4S. The van der Waals surface area contributed by atoms with Gasteiger partial charge in [0.2, 0.25) is 0 Å². The number of aromatic nitrogens is 2. The average Bonchev–Trinajstić information content (AvgIpc) is 3.13. The average molecular weight is 421 g/mol. The van der Waals surface area contributed by atoms with Gasteiger partial charge in [0, 0.05) is 34.5 Å². The maximum absolute atomic E-state index is 12.4. The Morgan fingerprint density at radius 1 is 1.13 bits per heavy atom. The molecule has 0 aliphatic rings. The van der Waals surface area contributed by atoms with Crippen molar-refractivity contribution in [2.75, 3.05) is 12.4 Å². The first-order valence-corrected chi connectivity index (χ1v) is 10.0. The summed E-state index contributed by atoms with van der Waals surface area (Å²) in [5, 5.41) is 2.84. The van der Waals surface area contributed by atoms with Crippen molar-refractivity contribution in [3.05, 3.63) is 87.3 Å². The number of benzene rings is 2. The molecule has 0 spiro atoms. The molecule has 2 aromatic carbocycles. The van der Waals surface area contributed by atoms with Crippen LogP contribution in [0.2, 0.25) is 0 Å². The fourth-order valence-corrected chi connectivity index (χ4v) is 3.75. The Morgan fingerprint density at radius 2 is 1.93 bits per heavy atom. The number of hydrogen-bond acceptors (Lipinski definition) is 6. The number of rotatable bonds is 6. The van der Waals surface area contributed by atoms with Gasteiger partial charge in [0.05, 0.1) is 12.8 Å². The van der Waals surface area contributed by atoms with Crippen molar-refractivity contribution in [2.24, 2.45) is 0 Å². The number of fused-ring (bicyclic) bond motifs is 1. The number of hydrogen-bond donors (Lipinski definition) is 1. The van der Waals surface area contributed by atoms with Gasteiger partial charge in [-0.25, -0.2) is 4.98 Å². The number of aryl methyl sites for hydroxylation is 1. The second-order valence-corrected chi connectivity index (χ2v) is 7.79. The van der Waals surface area contributed by atoms with Crippen molar-refractivity contribution in [1.82, 2.24) is 9.38 Å². The topological polar surface area (TPSA) is 81.9 Å². The summed E-state index contributed by atoms with van der Waals surface area (Å²) in [6.45, 7) is 2.08. The van der Waals surface area contributed by atoms with Crippen molar-refractivity contribution < 1.29 is 14.3 Å². The van der Waals surface area contributed by atoms with Crippen LogP contribution in [0, 0.1) is 6.92 Å². The van der Waals surface area contributed by atoms with E-state index in [1.165, 1.54) is 21.8 Å². The van der Waals surface area contributed by atoms with Gasteiger partial charge >= 0.3 is 0 Å². The maximum Gasteiger partial charge on any atom is 0.258 e. The number of amides is 1. The van der Waals surface area contributed by atoms with E-state index in [9.17, 15) is 9.59 Å². The zero-order valence-corrected chi connectivity index (χ0v) is 17.2. The molecule has 7 nitrogen and oxygen atoms in total. The largest absolute Gasteiger partial charge is 0.497 e. The van der Waals surface area contributed by atoms with Gasteiger partial charge in [-0.1, -0.05) is 6.07 Å². The molecule has 30 heavy (non-hydrogen) atoms. The molecule has 0 radical (unpaired) electrons. The molecule has 0 unspecified atom stereocenters. The van der Waals surface area contributed by atoms with Crippen LogP contribution >= 0.6 is 11.3 Å². The molecule has 0 atom stereocenters. The molecule has 2 heterocycles. The number of ether oxygens (including phenoxy) is 2.